The molecule has 0 fully saturated rings. The Balaban J connectivity index is 0.000000128. The molecular weight excluding hydrogens is 961 g/mol. The summed E-state index contributed by atoms with van der Waals surface area (Å²) in [5.74, 6) is 0. The van der Waals surface area contributed by atoms with Gasteiger partial charge in [-0.05, 0) is 231 Å². The molecule has 14 aromatic carbocycles. The number of fused-ring (bicyclic) bond motifs is 16. The molecular formula is C80H48. The van der Waals surface area contributed by atoms with E-state index in [0.717, 1.165) is 0 Å². The second-order valence-corrected chi connectivity index (χ2v) is 21.8. The number of hydrogen-bond donors (Lipinski definition) is 0. The summed E-state index contributed by atoms with van der Waals surface area (Å²) in [5, 5.41) is 15.3. The first-order chi connectivity index (χ1) is 39.7. The second-order valence-electron chi connectivity index (χ2n) is 21.8. The third kappa shape index (κ3) is 6.76. The summed E-state index contributed by atoms with van der Waals surface area (Å²) >= 11 is 0. The first-order valence-electron chi connectivity index (χ1n) is 27.9. The van der Waals surface area contributed by atoms with E-state index in [1.165, 1.54) is 176 Å². The van der Waals surface area contributed by atoms with Gasteiger partial charge in [0.1, 0.15) is 0 Å². The van der Waals surface area contributed by atoms with E-state index in [-0.39, 0.29) is 0 Å². The highest BCUT2D eigenvalue weighted by Gasteiger charge is 2.40. The zero-order valence-corrected chi connectivity index (χ0v) is 43.7. The van der Waals surface area contributed by atoms with Gasteiger partial charge in [0.25, 0.3) is 0 Å². The minimum Gasteiger partial charge on any atom is -0.0622 e. The molecule has 0 unspecified atom stereocenters. The fourth-order valence-corrected chi connectivity index (χ4v) is 13.9. The van der Waals surface area contributed by atoms with Crippen LogP contribution in [0.2, 0.25) is 0 Å². The molecule has 0 N–H and O–H groups in total. The topological polar surface area (TPSA) is 0 Å². The van der Waals surface area contributed by atoms with Gasteiger partial charge in [-0.3, -0.25) is 0 Å². The number of rotatable bonds is 4. The largest absolute Gasteiger partial charge is 0.0622 e. The number of benzene rings is 14. The lowest BCUT2D eigenvalue weighted by Gasteiger charge is -2.15. The zero-order valence-electron chi connectivity index (χ0n) is 43.7. The summed E-state index contributed by atoms with van der Waals surface area (Å²) in [6.45, 7) is 0. The number of allylic oxidation sites excluding steroid dienone is 4. The van der Waals surface area contributed by atoms with Crippen molar-refractivity contribution in [2.75, 3.05) is 0 Å². The molecule has 0 spiro atoms. The molecule has 0 heteroatoms. The Morgan fingerprint density at radius 1 is 0.125 bits per heavy atom. The smallest absolute Gasteiger partial charge is 0.000718 e. The van der Waals surface area contributed by atoms with Crippen molar-refractivity contribution >= 4 is 109 Å². The van der Waals surface area contributed by atoms with Crippen molar-refractivity contribution in [1.29, 1.82) is 0 Å². The van der Waals surface area contributed by atoms with E-state index in [4.69, 9.17) is 0 Å². The fourth-order valence-electron chi connectivity index (χ4n) is 13.9. The molecule has 0 nitrogen and oxygen atoms in total. The van der Waals surface area contributed by atoms with Crippen molar-refractivity contribution in [2.45, 2.75) is 0 Å². The van der Waals surface area contributed by atoms with Gasteiger partial charge in [-0.2, -0.15) is 0 Å². The molecule has 4 aliphatic carbocycles. The van der Waals surface area contributed by atoms with Gasteiger partial charge in [-0.15, -0.1) is 0 Å². The number of hydrogen-bond acceptors (Lipinski definition) is 0. The Kier molecular flexibility index (Phi) is 9.81. The summed E-state index contributed by atoms with van der Waals surface area (Å²) in [6.07, 6.45) is 0. The van der Waals surface area contributed by atoms with Gasteiger partial charge in [0.2, 0.25) is 0 Å². The van der Waals surface area contributed by atoms with Crippen LogP contribution in [0.5, 0.6) is 0 Å². The summed E-state index contributed by atoms with van der Waals surface area (Å²) < 4.78 is 0. The molecule has 18 rings (SSSR count). The average molecular weight is 1010 g/mol. The zero-order chi connectivity index (χ0) is 52.4. The summed E-state index contributed by atoms with van der Waals surface area (Å²) in [4.78, 5) is 0. The van der Waals surface area contributed by atoms with Crippen molar-refractivity contribution in [3.05, 3.63) is 358 Å². The van der Waals surface area contributed by atoms with Crippen molar-refractivity contribution < 1.29 is 0 Å². The van der Waals surface area contributed by atoms with Crippen molar-refractivity contribution in [3.63, 3.8) is 0 Å². The van der Waals surface area contributed by atoms with Crippen molar-refractivity contribution in [2.24, 2.45) is 0 Å². The highest BCUT2D eigenvalue weighted by Crippen LogP contribution is 2.62. The molecule has 80 heavy (non-hydrogen) atoms. The Labute approximate surface area is 464 Å². The van der Waals surface area contributed by atoms with Crippen LogP contribution in [0.4, 0.5) is 0 Å². The molecule has 0 aliphatic heterocycles. The van der Waals surface area contributed by atoms with Gasteiger partial charge in [0, 0.05) is 0 Å². The van der Waals surface area contributed by atoms with Crippen LogP contribution in [-0.4, -0.2) is 0 Å². The lowest BCUT2D eigenvalue weighted by Crippen LogP contribution is -1.94. The molecule has 368 valence electrons. The molecule has 4 aliphatic rings. The molecule has 0 heterocycles. The van der Waals surface area contributed by atoms with Crippen molar-refractivity contribution in [3.8, 4) is 0 Å². The average Bonchev–Trinajstić information content (AvgIpc) is 4.35. The van der Waals surface area contributed by atoms with Crippen LogP contribution in [0.1, 0.15) is 66.8 Å². The Morgan fingerprint density at radius 3 is 0.800 bits per heavy atom. The van der Waals surface area contributed by atoms with Crippen LogP contribution in [0.25, 0.3) is 109 Å². The monoisotopic (exact) mass is 1010 g/mol. The van der Waals surface area contributed by atoms with E-state index in [1.807, 2.05) is 0 Å². The molecule has 14 aromatic rings. The molecule has 0 radical (unpaired) electrons. The molecule has 0 saturated heterocycles. The van der Waals surface area contributed by atoms with E-state index in [1.54, 1.807) is 0 Å². The minimum absolute atomic E-state index is 1.27. The predicted octanol–water partition coefficient (Wildman–Crippen LogP) is 20.8. The van der Waals surface area contributed by atoms with E-state index in [0.29, 0.717) is 0 Å². The van der Waals surface area contributed by atoms with Crippen LogP contribution in [0.3, 0.4) is 0 Å². The molecule has 0 atom stereocenters. The van der Waals surface area contributed by atoms with Gasteiger partial charge in [-0.1, -0.05) is 237 Å². The standard InChI is InChI=1S/2C40H24/c1-2-12-26(13-3-1)37-33-21-27-14-4-6-16-29(27)23-35(33)40-38(32-20-10-18-25-11-8-9-19-31(25)32)34-22-28-15-5-7-17-30(28)24-36(34)39(37)40;1-2-11-26(12-3-1)37-33-21-28-14-6-8-16-30(28)23-35(33)40-38(32-19-18-25-10-4-5-13-27(25)20-32)34-22-29-15-7-9-17-31(29)24-36(34)39(37)40/h2*1-24H. The van der Waals surface area contributed by atoms with Gasteiger partial charge in [0.15, 0.2) is 0 Å². The quantitative estimate of drug-likeness (QED) is 0.165. The maximum absolute atomic E-state index is 2.42. The first-order valence-corrected chi connectivity index (χ1v) is 27.9. The molecule has 0 aromatic heterocycles. The highest BCUT2D eigenvalue weighted by molar-refractivity contribution is 6.38. The molecule has 0 amide bonds. The van der Waals surface area contributed by atoms with Crippen LogP contribution in [-0.2, 0) is 0 Å². The molecule has 0 saturated carbocycles. The van der Waals surface area contributed by atoms with Gasteiger partial charge < -0.3 is 0 Å². The summed E-state index contributed by atoms with van der Waals surface area (Å²) in [5.41, 5.74) is 26.5. The van der Waals surface area contributed by atoms with Crippen LogP contribution in [0.15, 0.2) is 291 Å². The van der Waals surface area contributed by atoms with E-state index in [2.05, 4.69) is 291 Å². The first kappa shape index (κ1) is 44.7. The Hall–Kier alpha value is -10.4. The third-order valence-electron chi connectivity index (χ3n) is 17.4. The lowest BCUT2D eigenvalue weighted by molar-refractivity contribution is 1.55. The Morgan fingerprint density at radius 2 is 0.400 bits per heavy atom. The minimum atomic E-state index is 1.27. The van der Waals surface area contributed by atoms with Gasteiger partial charge in [-0.25, -0.2) is 0 Å². The van der Waals surface area contributed by atoms with Crippen molar-refractivity contribution in [1.82, 2.24) is 0 Å². The van der Waals surface area contributed by atoms with E-state index < -0.39 is 0 Å². The predicted molar refractivity (Wildman–Crippen MR) is 340 cm³/mol. The highest BCUT2D eigenvalue weighted by atomic mass is 14.4. The van der Waals surface area contributed by atoms with Crippen LogP contribution < -0.4 is 0 Å². The fraction of sp³-hybridized carbons (Fsp3) is 0. The normalized spacial score (nSPS) is 13.8. The lowest BCUT2D eigenvalue weighted by atomic mass is 9.88. The van der Waals surface area contributed by atoms with Crippen LogP contribution in [0, 0.1) is 0 Å². The van der Waals surface area contributed by atoms with Gasteiger partial charge in [0.05, 0.1) is 0 Å². The summed E-state index contributed by atoms with van der Waals surface area (Å²) in [7, 11) is 0. The van der Waals surface area contributed by atoms with E-state index >= 15 is 0 Å². The maximum atomic E-state index is 2.42. The second kappa shape index (κ2) is 17.6. The Bertz CT molecular complexity index is 5120. The van der Waals surface area contributed by atoms with E-state index in [9.17, 15) is 0 Å². The van der Waals surface area contributed by atoms with Crippen LogP contribution >= 0.6 is 0 Å². The summed E-state index contributed by atoms with van der Waals surface area (Å²) in [6, 6.07) is 107. The molecule has 0 bridgehead atoms. The van der Waals surface area contributed by atoms with Gasteiger partial charge >= 0.3 is 0 Å². The third-order valence-corrected chi connectivity index (χ3v) is 17.4. The maximum Gasteiger partial charge on any atom is -0.000718 e. The SMILES string of the molecule is c1ccc(C2=C3C(=C(c4ccc5ccccc5c4)c4cc5ccccc5cc43)c3cc4ccccc4cc32)cc1.c1ccc(C2=C3C(=C(c4cccc5ccccc45)c4cc5ccccc5cc43)c3cc4ccccc4cc32)cc1.